The Morgan fingerprint density at radius 2 is 2.03 bits per heavy atom. The standard InChI is InChI=1S/C25H28N6O2/c1-3-27-23(26)17-11-15(2)22-20(13-17)30-24(31-22)21-19(9-10-28-25(21)33)29-18(14-32)12-16-7-5-4-6-8-16/h4-11,13,18,32H,3,12,14H2,1-2H3,(H2,26,27)(H,30,31)(H2,28,29,33). The second kappa shape index (κ2) is 9.70. The van der Waals surface area contributed by atoms with Crippen LogP contribution in [-0.4, -0.2) is 45.1 Å². The minimum atomic E-state index is -0.277. The molecule has 0 bridgehead atoms. The Bertz CT molecular complexity index is 1340. The zero-order chi connectivity index (χ0) is 23.4. The lowest BCUT2D eigenvalue weighted by Crippen LogP contribution is -2.28. The Hall–Kier alpha value is -3.91. The van der Waals surface area contributed by atoms with E-state index < -0.39 is 0 Å². The molecule has 2 aromatic carbocycles. The Balaban J connectivity index is 1.73. The summed E-state index contributed by atoms with van der Waals surface area (Å²) in [5.74, 6) is 0.905. The van der Waals surface area contributed by atoms with Gasteiger partial charge in [0.15, 0.2) is 0 Å². The normalized spacial score (nSPS) is 12.8. The maximum absolute atomic E-state index is 12.8. The number of aliphatic imine (C=N–C) groups is 1. The van der Waals surface area contributed by atoms with Gasteiger partial charge in [-0.15, -0.1) is 0 Å². The third kappa shape index (κ3) is 4.80. The van der Waals surface area contributed by atoms with Crippen molar-refractivity contribution in [2.24, 2.45) is 10.7 Å². The van der Waals surface area contributed by atoms with Crippen molar-refractivity contribution in [3.8, 4) is 11.4 Å². The number of anilines is 1. The van der Waals surface area contributed by atoms with Crippen LogP contribution in [0.3, 0.4) is 0 Å². The largest absolute Gasteiger partial charge is 0.394 e. The van der Waals surface area contributed by atoms with Crippen LogP contribution in [0, 0.1) is 6.92 Å². The molecule has 33 heavy (non-hydrogen) atoms. The van der Waals surface area contributed by atoms with Gasteiger partial charge in [0, 0.05) is 18.3 Å². The third-order valence-electron chi connectivity index (χ3n) is 5.50. The molecule has 4 aromatic rings. The van der Waals surface area contributed by atoms with Crippen molar-refractivity contribution >= 4 is 22.6 Å². The van der Waals surface area contributed by atoms with Crippen molar-refractivity contribution in [3.05, 3.63) is 81.8 Å². The molecule has 8 heteroatoms. The number of hydrogen-bond donors (Lipinski definition) is 5. The number of nitrogens with two attached hydrogens (primary N) is 1. The van der Waals surface area contributed by atoms with E-state index in [1.807, 2.05) is 56.3 Å². The van der Waals surface area contributed by atoms with Crippen LogP contribution in [0.4, 0.5) is 5.69 Å². The smallest absolute Gasteiger partial charge is 0.261 e. The molecule has 0 amide bonds. The first-order valence-electron chi connectivity index (χ1n) is 10.9. The molecule has 0 radical (unpaired) electrons. The fourth-order valence-corrected chi connectivity index (χ4v) is 3.93. The van der Waals surface area contributed by atoms with Crippen molar-refractivity contribution in [2.75, 3.05) is 18.5 Å². The van der Waals surface area contributed by atoms with Gasteiger partial charge in [0.05, 0.1) is 29.4 Å². The number of benzene rings is 2. The summed E-state index contributed by atoms with van der Waals surface area (Å²) in [5, 5.41) is 13.3. The number of aryl methyl sites for hydroxylation is 1. The average Bonchev–Trinajstić information content (AvgIpc) is 3.24. The van der Waals surface area contributed by atoms with E-state index in [0.717, 1.165) is 27.7 Å². The minimum absolute atomic E-state index is 0.0836. The molecule has 0 spiro atoms. The van der Waals surface area contributed by atoms with Crippen molar-refractivity contribution in [1.29, 1.82) is 0 Å². The number of pyridine rings is 1. The molecule has 170 valence electrons. The number of rotatable bonds is 8. The van der Waals surface area contributed by atoms with Crippen LogP contribution >= 0.6 is 0 Å². The van der Waals surface area contributed by atoms with Gasteiger partial charge in [0.2, 0.25) is 0 Å². The molecule has 4 rings (SSSR count). The number of imidazole rings is 1. The van der Waals surface area contributed by atoms with Gasteiger partial charge >= 0.3 is 0 Å². The highest BCUT2D eigenvalue weighted by molar-refractivity contribution is 6.01. The second-order valence-corrected chi connectivity index (χ2v) is 7.94. The topological polar surface area (TPSA) is 132 Å². The quantitative estimate of drug-likeness (QED) is 0.211. The Morgan fingerprint density at radius 1 is 1.24 bits per heavy atom. The molecule has 8 nitrogen and oxygen atoms in total. The second-order valence-electron chi connectivity index (χ2n) is 7.94. The van der Waals surface area contributed by atoms with E-state index >= 15 is 0 Å². The van der Waals surface area contributed by atoms with E-state index in [9.17, 15) is 9.90 Å². The summed E-state index contributed by atoms with van der Waals surface area (Å²) in [4.78, 5) is 27.8. The zero-order valence-electron chi connectivity index (χ0n) is 18.7. The molecule has 1 atom stereocenters. The lowest BCUT2D eigenvalue weighted by Gasteiger charge is -2.19. The molecule has 2 aromatic heterocycles. The zero-order valence-corrected chi connectivity index (χ0v) is 18.7. The molecule has 0 aliphatic rings. The number of nitrogens with zero attached hydrogens (tertiary/aromatic N) is 2. The Morgan fingerprint density at radius 3 is 2.76 bits per heavy atom. The van der Waals surface area contributed by atoms with Gasteiger partial charge in [-0.2, -0.15) is 0 Å². The van der Waals surface area contributed by atoms with Gasteiger partial charge < -0.3 is 26.1 Å². The first-order chi connectivity index (χ1) is 16.0. The number of aromatic amines is 2. The van der Waals surface area contributed by atoms with Crippen LogP contribution in [0.1, 0.15) is 23.6 Å². The summed E-state index contributed by atoms with van der Waals surface area (Å²) >= 11 is 0. The van der Waals surface area contributed by atoms with Gasteiger partial charge in [-0.05, 0) is 49.6 Å². The molecule has 0 aliphatic heterocycles. The molecule has 2 heterocycles. The van der Waals surface area contributed by atoms with Gasteiger partial charge in [-0.25, -0.2) is 4.98 Å². The number of nitrogens with one attached hydrogen (secondary N) is 3. The third-order valence-corrected chi connectivity index (χ3v) is 5.50. The van der Waals surface area contributed by atoms with Gasteiger partial charge in [0.1, 0.15) is 17.2 Å². The monoisotopic (exact) mass is 444 g/mol. The predicted octanol–water partition coefficient (Wildman–Crippen LogP) is 2.97. The summed E-state index contributed by atoms with van der Waals surface area (Å²) in [6.45, 7) is 4.40. The van der Waals surface area contributed by atoms with Crippen LogP contribution in [0.25, 0.3) is 22.4 Å². The van der Waals surface area contributed by atoms with E-state index in [-0.39, 0.29) is 18.2 Å². The van der Waals surface area contributed by atoms with Crippen LogP contribution in [-0.2, 0) is 6.42 Å². The first kappa shape index (κ1) is 22.3. The van der Waals surface area contributed by atoms with Crippen LogP contribution in [0.15, 0.2) is 64.5 Å². The molecule has 0 saturated heterocycles. The molecular weight excluding hydrogens is 416 g/mol. The molecule has 1 unspecified atom stereocenters. The molecule has 6 N–H and O–H groups in total. The van der Waals surface area contributed by atoms with Gasteiger partial charge in [-0.1, -0.05) is 30.3 Å². The molecule has 0 aliphatic carbocycles. The fourth-order valence-electron chi connectivity index (χ4n) is 3.93. The molecule has 0 fully saturated rings. The highest BCUT2D eigenvalue weighted by Gasteiger charge is 2.18. The predicted molar refractivity (Wildman–Crippen MR) is 133 cm³/mol. The SMILES string of the molecule is CCN=C(N)c1cc(C)c2nc(-c3c(NC(CO)Cc4ccccc4)cc[nH]c3=O)[nH]c2c1. The number of aliphatic hydroxyl groups is 1. The number of amidine groups is 1. The lowest BCUT2D eigenvalue weighted by molar-refractivity contribution is 0.274. The van der Waals surface area contributed by atoms with E-state index in [1.165, 1.54) is 0 Å². The fraction of sp³-hybridized carbons (Fsp3) is 0.240. The summed E-state index contributed by atoms with van der Waals surface area (Å²) in [5.41, 5.74) is 11.2. The van der Waals surface area contributed by atoms with Gasteiger partial charge in [0.25, 0.3) is 5.56 Å². The number of hydrogen-bond acceptors (Lipinski definition) is 5. The lowest BCUT2D eigenvalue weighted by atomic mass is 10.1. The number of aromatic nitrogens is 3. The van der Waals surface area contributed by atoms with E-state index in [0.29, 0.717) is 35.9 Å². The summed E-state index contributed by atoms with van der Waals surface area (Å²) in [6, 6.07) is 15.2. The van der Waals surface area contributed by atoms with Crippen LogP contribution in [0.5, 0.6) is 0 Å². The summed E-state index contributed by atoms with van der Waals surface area (Å²) < 4.78 is 0. The number of aliphatic hydroxyl groups excluding tert-OH is 1. The number of H-pyrrole nitrogens is 2. The van der Waals surface area contributed by atoms with E-state index in [2.05, 4.69) is 20.3 Å². The maximum atomic E-state index is 12.8. The van der Waals surface area contributed by atoms with Crippen molar-refractivity contribution < 1.29 is 5.11 Å². The number of fused-ring (bicyclic) bond motifs is 1. The summed E-state index contributed by atoms with van der Waals surface area (Å²) in [6.07, 6.45) is 2.20. The van der Waals surface area contributed by atoms with Crippen molar-refractivity contribution in [2.45, 2.75) is 26.3 Å². The Kier molecular flexibility index (Phi) is 6.55. The van der Waals surface area contributed by atoms with E-state index in [4.69, 9.17) is 10.7 Å². The molecular formula is C25H28N6O2. The van der Waals surface area contributed by atoms with Crippen molar-refractivity contribution in [3.63, 3.8) is 0 Å². The van der Waals surface area contributed by atoms with E-state index in [1.54, 1.807) is 12.3 Å². The average molecular weight is 445 g/mol. The Labute approximate surface area is 191 Å². The van der Waals surface area contributed by atoms with Crippen LogP contribution in [0.2, 0.25) is 0 Å². The van der Waals surface area contributed by atoms with Crippen LogP contribution < -0.4 is 16.6 Å². The van der Waals surface area contributed by atoms with Gasteiger partial charge in [-0.3, -0.25) is 9.79 Å². The summed E-state index contributed by atoms with van der Waals surface area (Å²) in [7, 11) is 0. The van der Waals surface area contributed by atoms with Crippen molar-refractivity contribution in [1.82, 2.24) is 15.0 Å². The maximum Gasteiger partial charge on any atom is 0.261 e. The minimum Gasteiger partial charge on any atom is -0.394 e. The highest BCUT2D eigenvalue weighted by Crippen LogP contribution is 2.27. The molecule has 0 saturated carbocycles. The highest BCUT2D eigenvalue weighted by atomic mass is 16.3. The first-order valence-corrected chi connectivity index (χ1v) is 10.9.